The first kappa shape index (κ1) is 32.1. The molecule has 5 aliphatic heterocycles. The number of aliphatic hydroxyl groups excluding tert-OH is 2. The SMILES string of the molecule is CCC1=C(C)C2=NC1=CC1=C(C)C3=C(O)CC(=C4NC(=CC5=NC(=C2)C(C(O)CSc2ccccc2)=C5C)[C@@H](C)[C@@H]4CCC(=O)O)C3=N1. The monoisotopic (exact) mass is 660 g/mol. The molecule has 3 atom stereocenters. The van der Waals surface area contributed by atoms with Crippen LogP contribution in [0.15, 0.2) is 142 Å². The number of rotatable bonds is 8. The van der Waals surface area contributed by atoms with E-state index >= 15 is 0 Å². The lowest BCUT2D eigenvalue weighted by molar-refractivity contribution is -0.137. The summed E-state index contributed by atoms with van der Waals surface area (Å²) in [5.74, 6) is -0.234. The molecule has 0 radical (unpaired) electrons. The van der Waals surface area contributed by atoms with E-state index in [1.54, 1.807) is 11.8 Å². The second-order valence-electron chi connectivity index (χ2n) is 13.1. The molecule has 246 valence electrons. The first-order valence-corrected chi connectivity index (χ1v) is 17.6. The molecule has 1 aliphatic carbocycles. The van der Waals surface area contributed by atoms with Crippen LogP contribution < -0.4 is 5.32 Å². The second-order valence-corrected chi connectivity index (χ2v) is 14.2. The minimum Gasteiger partial charge on any atom is -0.511 e. The number of hydrogen-bond donors (Lipinski definition) is 4. The highest BCUT2D eigenvalue weighted by molar-refractivity contribution is 7.99. The summed E-state index contributed by atoms with van der Waals surface area (Å²) in [5, 5.41) is 36.2. The molecule has 7 rings (SSSR count). The quantitative estimate of drug-likeness (QED) is 0.212. The number of nitrogens with zero attached hydrogens (tertiary/aromatic N) is 3. The van der Waals surface area contributed by atoms with Crippen LogP contribution in [0, 0.1) is 11.8 Å². The Labute approximate surface area is 285 Å². The molecule has 0 amide bonds. The van der Waals surface area contributed by atoms with Gasteiger partial charge in [0, 0.05) is 63.4 Å². The number of carboxylic acid groups (broad SMARTS) is 1. The predicted molar refractivity (Wildman–Crippen MR) is 192 cm³/mol. The Morgan fingerprint density at radius 2 is 1.73 bits per heavy atom. The molecule has 0 spiro atoms. The zero-order valence-electron chi connectivity index (χ0n) is 27.9. The van der Waals surface area contributed by atoms with Crippen molar-refractivity contribution in [2.45, 2.75) is 71.3 Å². The molecule has 8 bridgehead atoms. The van der Waals surface area contributed by atoms with E-state index in [0.717, 1.165) is 90.3 Å². The molecule has 1 unspecified atom stereocenters. The summed E-state index contributed by atoms with van der Waals surface area (Å²) in [6.07, 6.45) is 6.88. The van der Waals surface area contributed by atoms with Crippen molar-refractivity contribution in [3.8, 4) is 0 Å². The Morgan fingerprint density at radius 1 is 1.00 bits per heavy atom. The topological polar surface area (TPSA) is 127 Å². The molecular formula is C39H40N4O4S. The molecule has 1 aromatic rings. The van der Waals surface area contributed by atoms with Crippen LogP contribution in [-0.4, -0.2) is 50.3 Å². The number of aliphatic hydroxyl groups is 2. The van der Waals surface area contributed by atoms with Crippen molar-refractivity contribution < 1.29 is 20.1 Å². The number of carbonyl (C=O) groups is 1. The minimum absolute atomic E-state index is 0.0297. The van der Waals surface area contributed by atoms with E-state index in [0.29, 0.717) is 24.3 Å². The van der Waals surface area contributed by atoms with Crippen LogP contribution in [0.5, 0.6) is 0 Å². The fourth-order valence-electron chi connectivity index (χ4n) is 7.60. The Hall–Kier alpha value is -4.47. The van der Waals surface area contributed by atoms with Crippen molar-refractivity contribution in [3.05, 3.63) is 122 Å². The number of aliphatic imine (C=N–C) groups is 3. The number of fused-ring (bicyclic) bond motifs is 5. The van der Waals surface area contributed by atoms with Crippen molar-refractivity contribution in [2.24, 2.45) is 26.8 Å². The van der Waals surface area contributed by atoms with Crippen molar-refractivity contribution in [1.29, 1.82) is 0 Å². The number of nitrogens with one attached hydrogen (secondary N) is 1. The first-order chi connectivity index (χ1) is 23.0. The molecule has 0 aromatic heterocycles. The van der Waals surface area contributed by atoms with Gasteiger partial charge in [0.25, 0.3) is 0 Å². The van der Waals surface area contributed by atoms with Gasteiger partial charge in [0.05, 0.1) is 40.3 Å². The van der Waals surface area contributed by atoms with Crippen LogP contribution in [0.25, 0.3) is 0 Å². The average molecular weight is 661 g/mol. The highest BCUT2D eigenvalue weighted by Crippen LogP contribution is 2.46. The Balaban J connectivity index is 1.40. The van der Waals surface area contributed by atoms with Crippen molar-refractivity contribution in [3.63, 3.8) is 0 Å². The van der Waals surface area contributed by atoms with E-state index in [9.17, 15) is 20.1 Å². The number of hydrogen-bond acceptors (Lipinski definition) is 8. The number of allylic oxidation sites excluding steroid dienone is 11. The Bertz CT molecular complexity index is 2000. The maximum Gasteiger partial charge on any atom is 0.303 e. The number of carboxylic acids is 1. The molecule has 6 aliphatic rings. The van der Waals surface area contributed by atoms with Crippen LogP contribution in [0.3, 0.4) is 0 Å². The highest BCUT2D eigenvalue weighted by Gasteiger charge is 2.41. The van der Waals surface area contributed by atoms with Crippen LogP contribution in [0.2, 0.25) is 0 Å². The van der Waals surface area contributed by atoms with Gasteiger partial charge in [0.1, 0.15) is 5.76 Å². The highest BCUT2D eigenvalue weighted by atomic mass is 32.2. The van der Waals surface area contributed by atoms with Gasteiger partial charge in [0.15, 0.2) is 0 Å². The van der Waals surface area contributed by atoms with E-state index in [2.05, 4.69) is 26.1 Å². The number of benzene rings is 1. The molecular weight excluding hydrogens is 621 g/mol. The summed E-state index contributed by atoms with van der Waals surface area (Å²) in [6.45, 7) is 10.3. The van der Waals surface area contributed by atoms with Crippen molar-refractivity contribution in [2.75, 3.05) is 5.75 Å². The minimum atomic E-state index is -0.841. The van der Waals surface area contributed by atoms with Crippen LogP contribution >= 0.6 is 11.8 Å². The van der Waals surface area contributed by atoms with Crippen LogP contribution in [-0.2, 0) is 4.79 Å². The van der Waals surface area contributed by atoms with E-state index in [4.69, 9.17) is 15.0 Å². The number of aliphatic carboxylic acids is 1. The van der Waals surface area contributed by atoms with E-state index in [1.807, 2.05) is 62.4 Å². The molecule has 1 aromatic carbocycles. The van der Waals surface area contributed by atoms with Gasteiger partial charge in [0.2, 0.25) is 0 Å². The van der Waals surface area contributed by atoms with Gasteiger partial charge < -0.3 is 20.6 Å². The summed E-state index contributed by atoms with van der Waals surface area (Å²) >= 11 is 1.61. The Morgan fingerprint density at radius 3 is 2.46 bits per heavy atom. The molecule has 8 nitrogen and oxygen atoms in total. The maximum absolute atomic E-state index is 11.7. The predicted octanol–water partition coefficient (Wildman–Crippen LogP) is 7.68. The van der Waals surface area contributed by atoms with Gasteiger partial charge in [-0.15, -0.1) is 11.8 Å². The second kappa shape index (κ2) is 12.5. The lowest BCUT2D eigenvalue weighted by Crippen LogP contribution is -2.16. The lowest BCUT2D eigenvalue weighted by Gasteiger charge is -2.17. The third-order valence-electron chi connectivity index (χ3n) is 10.3. The Kier molecular flexibility index (Phi) is 8.37. The summed E-state index contributed by atoms with van der Waals surface area (Å²) in [6, 6.07) is 10.1. The first-order valence-electron chi connectivity index (χ1n) is 16.6. The molecule has 5 heterocycles. The van der Waals surface area contributed by atoms with Crippen LogP contribution in [0.4, 0.5) is 0 Å². The van der Waals surface area contributed by atoms with E-state index in [1.165, 1.54) is 0 Å². The van der Waals surface area contributed by atoms with Crippen LogP contribution in [0.1, 0.15) is 60.3 Å². The van der Waals surface area contributed by atoms with Gasteiger partial charge >= 0.3 is 5.97 Å². The summed E-state index contributed by atoms with van der Waals surface area (Å²) in [5.41, 5.74) is 12.9. The third kappa shape index (κ3) is 5.48. The van der Waals surface area contributed by atoms with E-state index < -0.39 is 12.1 Å². The van der Waals surface area contributed by atoms with Gasteiger partial charge in [-0.25, -0.2) is 15.0 Å². The van der Waals surface area contributed by atoms with Crippen molar-refractivity contribution >= 4 is 34.9 Å². The lowest BCUT2D eigenvalue weighted by atomic mass is 9.86. The zero-order valence-corrected chi connectivity index (χ0v) is 28.7. The smallest absolute Gasteiger partial charge is 0.303 e. The molecule has 1 saturated heterocycles. The zero-order chi connectivity index (χ0) is 33.9. The fourth-order valence-corrected chi connectivity index (χ4v) is 8.47. The summed E-state index contributed by atoms with van der Waals surface area (Å²) in [4.78, 5) is 28.1. The molecule has 0 saturated carbocycles. The molecule has 48 heavy (non-hydrogen) atoms. The molecule has 1 fully saturated rings. The average Bonchev–Trinajstić information content (AvgIpc) is 3.81. The van der Waals surface area contributed by atoms with Gasteiger partial charge in [-0.2, -0.15) is 0 Å². The van der Waals surface area contributed by atoms with Crippen molar-refractivity contribution in [1.82, 2.24) is 5.32 Å². The normalized spacial score (nSPS) is 23.8. The van der Waals surface area contributed by atoms with Gasteiger partial charge in [-0.05, 0) is 86.3 Å². The van der Waals surface area contributed by atoms with E-state index in [-0.39, 0.29) is 24.0 Å². The number of thioether (sulfide) groups is 1. The maximum atomic E-state index is 11.7. The molecule has 4 N–H and O–H groups in total. The summed E-state index contributed by atoms with van der Waals surface area (Å²) < 4.78 is 0. The fraction of sp³-hybridized carbons (Fsp3) is 0.333. The standard InChI is InChI=1S/C39H40N4O4S/c1-6-24-19(2)27-17-32-36(34(45)18-48-23-10-8-7-9-11-23)21(4)29(41-32)15-28-20(3)25(12-13-35(46)47)38(42-28)26-14-33(44)37-22(5)30(43-39(26)37)16-31(24)40-27/h7-11,15-17,20,25,34,42,44-45H,6,12-14,18H2,1-5H3,(H,46,47)/t20-,25-,34?/m0/s1. The molecule has 9 heteroatoms. The third-order valence-corrected chi connectivity index (χ3v) is 11.3. The van der Waals surface area contributed by atoms with Gasteiger partial charge in [-0.1, -0.05) is 32.0 Å². The summed E-state index contributed by atoms with van der Waals surface area (Å²) in [7, 11) is 0. The largest absolute Gasteiger partial charge is 0.511 e. The van der Waals surface area contributed by atoms with Gasteiger partial charge in [-0.3, -0.25) is 4.79 Å².